The van der Waals surface area contributed by atoms with Crippen molar-refractivity contribution < 1.29 is 14.6 Å². The van der Waals surface area contributed by atoms with Gasteiger partial charge in [-0.1, -0.05) is 33.1 Å². The van der Waals surface area contributed by atoms with E-state index in [1.54, 1.807) is 0 Å². The highest BCUT2D eigenvalue weighted by molar-refractivity contribution is 5.80. The van der Waals surface area contributed by atoms with Crippen molar-refractivity contribution in [1.29, 1.82) is 0 Å². The molecule has 0 radical (unpaired) electrons. The van der Waals surface area contributed by atoms with Crippen LogP contribution in [0.5, 0.6) is 0 Å². The van der Waals surface area contributed by atoms with Gasteiger partial charge in [-0.15, -0.1) is 0 Å². The van der Waals surface area contributed by atoms with Crippen molar-refractivity contribution in [2.75, 3.05) is 19.8 Å². The summed E-state index contributed by atoms with van der Waals surface area (Å²) in [6.45, 7) is 5.95. The third-order valence-corrected chi connectivity index (χ3v) is 3.82. The third-order valence-electron chi connectivity index (χ3n) is 3.82. The Hall–Kier alpha value is -0.610. The van der Waals surface area contributed by atoms with Crippen LogP contribution in [0.1, 0.15) is 58.8 Å². The SMILES string of the molecule is CCCCCCOCC(NCCC)(C(=O)O)C1CC1. The Kier molecular flexibility index (Phi) is 7.39. The summed E-state index contributed by atoms with van der Waals surface area (Å²) < 4.78 is 5.66. The fraction of sp³-hybridized carbons (Fsp3) is 0.933. The summed E-state index contributed by atoms with van der Waals surface area (Å²) in [6.07, 6.45) is 7.58. The van der Waals surface area contributed by atoms with Crippen LogP contribution in [0.15, 0.2) is 0 Å². The van der Waals surface area contributed by atoms with E-state index in [2.05, 4.69) is 19.2 Å². The zero-order chi connectivity index (χ0) is 14.1. The van der Waals surface area contributed by atoms with Crippen molar-refractivity contribution in [2.24, 2.45) is 5.92 Å². The Labute approximate surface area is 116 Å². The topological polar surface area (TPSA) is 58.6 Å². The molecule has 1 aliphatic rings. The number of carbonyl (C=O) groups is 1. The molecule has 1 unspecified atom stereocenters. The molecule has 4 nitrogen and oxygen atoms in total. The molecule has 0 aromatic rings. The van der Waals surface area contributed by atoms with E-state index in [4.69, 9.17) is 4.74 Å². The number of rotatable bonds is 12. The molecule has 0 saturated heterocycles. The Morgan fingerprint density at radius 2 is 2.00 bits per heavy atom. The Balaban J connectivity index is 2.38. The number of hydrogen-bond donors (Lipinski definition) is 2. The fourth-order valence-electron chi connectivity index (χ4n) is 2.41. The van der Waals surface area contributed by atoms with Gasteiger partial charge >= 0.3 is 5.97 Å². The molecule has 112 valence electrons. The second-order valence-corrected chi connectivity index (χ2v) is 5.59. The fourth-order valence-corrected chi connectivity index (χ4v) is 2.41. The van der Waals surface area contributed by atoms with Gasteiger partial charge < -0.3 is 9.84 Å². The van der Waals surface area contributed by atoms with Crippen LogP contribution in [0.4, 0.5) is 0 Å². The molecule has 1 atom stereocenters. The second-order valence-electron chi connectivity index (χ2n) is 5.59. The molecule has 1 saturated carbocycles. The van der Waals surface area contributed by atoms with Gasteiger partial charge in [0.05, 0.1) is 6.61 Å². The van der Waals surface area contributed by atoms with Crippen molar-refractivity contribution in [1.82, 2.24) is 5.32 Å². The van der Waals surface area contributed by atoms with Crippen LogP contribution in [-0.2, 0) is 9.53 Å². The number of aliphatic carboxylic acids is 1. The van der Waals surface area contributed by atoms with Crippen LogP contribution in [0.25, 0.3) is 0 Å². The predicted molar refractivity (Wildman–Crippen MR) is 76.3 cm³/mol. The number of carboxylic acid groups (broad SMARTS) is 1. The van der Waals surface area contributed by atoms with Gasteiger partial charge in [-0.25, -0.2) is 0 Å². The number of carboxylic acids is 1. The highest BCUT2D eigenvalue weighted by Gasteiger charge is 2.51. The minimum atomic E-state index is -0.846. The van der Waals surface area contributed by atoms with E-state index < -0.39 is 11.5 Å². The normalized spacial score (nSPS) is 18.2. The van der Waals surface area contributed by atoms with Crippen LogP contribution in [-0.4, -0.2) is 36.4 Å². The van der Waals surface area contributed by atoms with E-state index in [9.17, 15) is 9.90 Å². The zero-order valence-corrected chi connectivity index (χ0v) is 12.4. The lowest BCUT2D eigenvalue weighted by atomic mass is 9.94. The van der Waals surface area contributed by atoms with Gasteiger partial charge in [-0.2, -0.15) is 0 Å². The van der Waals surface area contributed by atoms with Crippen molar-refractivity contribution in [3.63, 3.8) is 0 Å². The van der Waals surface area contributed by atoms with Crippen molar-refractivity contribution in [3.05, 3.63) is 0 Å². The quantitative estimate of drug-likeness (QED) is 0.536. The van der Waals surface area contributed by atoms with Crippen molar-refractivity contribution >= 4 is 5.97 Å². The molecule has 0 aromatic carbocycles. The molecule has 0 heterocycles. The maximum Gasteiger partial charge on any atom is 0.326 e. The molecule has 0 bridgehead atoms. The largest absolute Gasteiger partial charge is 0.480 e. The number of ether oxygens (including phenoxy) is 1. The van der Waals surface area contributed by atoms with E-state index in [0.29, 0.717) is 13.2 Å². The van der Waals surface area contributed by atoms with Crippen molar-refractivity contribution in [2.45, 2.75) is 64.3 Å². The Morgan fingerprint density at radius 3 is 2.53 bits per heavy atom. The smallest absolute Gasteiger partial charge is 0.326 e. The summed E-state index contributed by atoms with van der Waals surface area (Å²) >= 11 is 0. The first-order valence-corrected chi connectivity index (χ1v) is 7.73. The van der Waals surface area contributed by atoms with Crippen LogP contribution in [0.2, 0.25) is 0 Å². The maximum absolute atomic E-state index is 11.6. The standard InChI is InChI=1S/C15H29NO3/c1-3-5-6-7-11-19-12-15(14(17)18,13-8-9-13)16-10-4-2/h13,16H,3-12H2,1-2H3,(H,17,18). The summed E-state index contributed by atoms with van der Waals surface area (Å²) in [5.41, 5.74) is -0.846. The van der Waals surface area contributed by atoms with Crippen LogP contribution >= 0.6 is 0 Å². The summed E-state index contributed by atoms with van der Waals surface area (Å²) in [4.78, 5) is 11.6. The number of hydrogen-bond acceptors (Lipinski definition) is 3. The van der Waals surface area contributed by atoms with E-state index in [0.717, 1.165) is 32.2 Å². The van der Waals surface area contributed by atoms with E-state index in [-0.39, 0.29) is 5.92 Å². The first kappa shape index (κ1) is 16.4. The Bertz CT molecular complexity index is 266. The first-order chi connectivity index (χ1) is 9.17. The van der Waals surface area contributed by atoms with Gasteiger partial charge in [0.25, 0.3) is 0 Å². The minimum Gasteiger partial charge on any atom is -0.480 e. The highest BCUT2D eigenvalue weighted by Crippen LogP contribution is 2.40. The molecule has 19 heavy (non-hydrogen) atoms. The Morgan fingerprint density at radius 1 is 1.26 bits per heavy atom. The summed E-state index contributed by atoms with van der Waals surface area (Å²) in [7, 11) is 0. The molecule has 1 aliphatic carbocycles. The molecule has 0 spiro atoms. The molecule has 1 rings (SSSR count). The van der Waals surface area contributed by atoms with Gasteiger partial charge in [0, 0.05) is 6.61 Å². The van der Waals surface area contributed by atoms with E-state index in [1.807, 2.05) is 0 Å². The first-order valence-electron chi connectivity index (χ1n) is 7.73. The summed E-state index contributed by atoms with van der Waals surface area (Å²) in [5.74, 6) is -0.510. The summed E-state index contributed by atoms with van der Waals surface area (Å²) in [6, 6.07) is 0. The van der Waals surface area contributed by atoms with E-state index >= 15 is 0 Å². The summed E-state index contributed by atoms with van der Waals surface area (Å²) in [5, 5.41) is 12.8. The molecule has 0 aliphatic heterocycles. The minimum absolute atomic E-state index is 0.243. The average Bonchev–Trinajstić information content (AvgIpc) is 3.21. The second kappa shape index (κ2) is 8.54. The molecule has 2 N–H and O–H groups in total. The molecule has 0 aromatic heterocycles. The van der Waals surface area contributed by atoms with Gasteiger partial charge in [0.2, 0.25) is 0 Å². The molecular weight excluding hydrogens is 242 g/mol. The lowest BCUT2D eigenvalue weighted by Gasteiger charge is -2.30. The van der Waals surface area contributed by atoms with E-state index in [1.165, 1.54) is 19.3 Å². The van der Waals surface area contributed by atoms with Crippen LogP contribution in [0, 0.1) is 5.92 Å². The lowest BCUT2D eigenvalue weighted by molar-refractivity contribution is -0.149. The van der Waals surface area contributed by atoms with Crippen LogP contribution < -0.4 is 5.32 Å². The third kappa shape index (κ3) is 5.11. The van der Waals surface area contributed by atoms with Gasteiger partial charge in [0.1, 0.15) is 5.54 Å². The lowest BCUT2D eigenvalue weighted by Crippen LogP contribution is -2.57. The molecular formula is C15H29NO3. The average molecular weight is 271 g/mol. The molecule has 1 fully saturated rings. The number of nitrogens with one attached hydrogen (secondary N) is 1. The van der Waals surface area contributed by atoms with Crippen molar-refractivity contribution in [3.8, 4) is 0 Å². The van der Waals surface area contributed by atoms with Gasteiger partial charge in [-0.05, 0) is 38.1 Å². The number of unbranched alkanes of at least 4 members (excludes halogenated alkanes) is 3. The van der Waals surface area contributed by atoms with Gasteiger partial charge in [-0.3, -0.25) is 10.1 Å². The van der Waals surface area contributed by atoms with Gasteiger partial charge in [0.15, 0.2) is 0 Å². The molecule has 0 amide bonds. The zero-order valence-electron chi connectivity index (χ0n) is 12.4. The monoisotopic (exact) mass is 271 g/mol. The predicted octanol–water partition coefficient (Wildman–Crippen LogP) is 2.82. The van der Waals surface area contributed by atoms with Crippen LogP contribution in [0.3, 0.4) is 0 Å². The maximum atomic E-state index is 11.6. The molecule has 4 heteroatoms. The highest BCUT2D eigenvalue weighted by atomic mass is 16.5.